The van der Waals surface area contributed by atoms with Crippen molar-refractivity contribution in [3.05, 3.63) is 108 Å². The lowest BCUT2D eigenvalue weighted by Gasteiger charge is -2.15. The lowest BCUT2D eigenvalue weighted by atomic mass is 10.1. The van der Waals surface area contributed by atoms with Gasteiger partial charge in [-0.15, -0.1) is 0 Å². The van der Waals surface area contributed by atoms with E-state index in [1.54, 1.807) is 0 Å². The van der Waals surface area contributed by atoms with Crippen LogP contribution in [-0.4, -0.2) is 27.8 Å². The molecule has 0 spiro atoms. The Morgan fingerprint density at radius 2 is 1.53 bits per heavy atom. The van der Waals surface area contributed by atoms with E-state index in [1.165, 1.54) is 10.9 Å². The number of nitrogens with zero attached hydrogens (tertiary/aromatic N) is 1. The molecule has 6 heteroatoms. The van der Waals surface area contributed by atoms with E-state index in [1.807, 2.05) is 66.7 Å². The number of benzene rings is 3. The van der Waals surface area contributed by atoms with Gasteiger partial charge in [-0.25, -0.2) is 9.59 Å². The number of hydrogen-bond acceptors (Lipinski definition) is 3. The van der Waals surface area contributed by atoms with Crippen LogP contribution in [0, 0.1) is 0 Å². The highest BCUT2D eigenvalue weighted by Crippen LogP contribution is 2.17. The highest BCUT2D eigenvalue weighted by atomic mass is 16.5. The van der Waals surface area contributed by atoms with Crippen LogP contribution in [0.5, 0.6) is 0 Å². The molecule has 0 fully saturated rings. The van der Waals surface area contributed by atoms with Crippen molar-refractivity contribution >= 4 is 23.0 Å². The number of fused-ring (bicyclic) bond motifs is 1. The molecule has 1 amide bonds. The minimum Gasteiger partial charge on any atom is -0.480 e. The number of carboxylic acids is 1. The first-order valence-electron chi connectivity index (χ1n) is 10.4. The summed E-state index contributed by atoms with van der Waals surface area (Å²) in [4.78, 5) is 23.6. The van der Waals surface area contributed by atoms with E-state index in [4.69, 9.17) is 4.74 Å². The van der Waals surface area contributed by atoms with Gasteiger partial charge in [-0.05, 0) is 34.2 Å². The van der Waals surface area contributed by atoms with Crippen LogP contribution in [0.25, 0.3) is 10.9 Å². The summed E-state index contributed by atoms with van der Waals surface area (Å²) in [7, 11) is 0. The number of nitrogens with one attached hydrogen (secondary N) is 1. The first-order chi connectivity index (χ1) is 15.6. The standard InChI is InChI=1S/C26H24N2O4/c29-25(30)23(16-19-6-2-1-3-7-19)27-26(31)32-18-21-12-10-20(11-13-21)17-28-15-14-22-8-4-5-9-24(22)28/h1-15,23H,16-18H2,(H,27,31)(H,29,30). The predicted molar refractivity (Wildman–Crippen MR) is 122 cm³/mol. The number of carbonyl (C=O) groups excluding carboxylic acids is 1. The number of para-hydroxylation sites is 1. The SMILES string of the molecule is O=C(NC(Cc1ccccc1)C(=O)O)OCc1ccc(Cn2ccc3ccccc32)cc1. The Morgan fingerprint density at radius 1 is 0.844 bits per heavy atom. The molecule has 1 unspecified atom stereocenters. The van der Waals surface area contributed by atoms with Gasteiger partial charge in [-0.1, -0.05) is 72.8 Å². The van der Waals surface area contributed by atoms with Crippen molar-refractivity contribution in [1.29, 1.82) is 0 Å². The molecular formula is C26H24N2O4. The van der Waals surface area contributed by atoms with Gasteiger partial charge in [0.15, 0.2) is 0 Å². The number of ether oxygens (including phenoxy) is 1. The largest absolute Gasteiger partial charge is 0.480 e. The second kappa shape index (κ2) is 9.83. The average Bonchev–Trinajstić information content (AvgIpc) is 3.22. The third-order valence-electron chi connectivity index (χ3n) is 5.30. The van der Waals surface area contributed by atoms with E-state index in [0.29, 0.717) is 0 Å². The molecule has 1 aromatic heterocycles. The van der Waals surface area contributed by atoms with Gasteiger partial charge < -0.3 is 19.7 Å². The maximum absolute atomic E-state index is 12.1. The van der Waals surface area contributed by atoms with Gasteiger partial charge in [0.1, 0.15) is 12.6 Å². The summed E-state index contributed by atoms with van der Waals surface area (Å²) in [6, 6.07) is 26.3. The number of hydrogen-bond donors (Lipinski definition) is 2. The number of carboxylic acid groups (broad SMARTS) is 1. The normalized spacial score (nSPS) is 11.8. The second-order valence-corrected chi connectivity index (χ2v) is 7.62. The molecule has 0 radical (unpaired) electrons. The zero-order chi connectivity index (χ0) is 22.3. The van der Waals surface area contributed by atoms with Crippen LogP contribution in [0.15, 0.2) is 91.1 Å². The number of amides is 1. The number of rotatable bonds is 8. The van der Waals surface area contributed by atoms with Crippen LogP contribution >= 0.6 is 0 Å². The molecule has 6 nitrogen and oxygen atoms in total. The first-order valence-corrected chi connectivity index (χ1v) is 10.4. The second-order valence-electron chi connectivity index (χ2n) is 7.62. The van der Waals surface area contributed by atoms with Crippen LogP contribution in [0.4, 0.5) is 4.79 Å². The maximum atomic E-state index is 12.1. The molecule has 0 saturated carbocycles. The summed E-state index contributed by atoms with van der Waals surface area (Å²) in [5.41, 5.74) is 3.97. The van der Waals surface area contributed by atoms with E-state index in [-0.39, 0.29) is 13.0 Å². The topological polar surface area (TPSA) is 80.6 Å². The van der Waals surface area contributed by atoms with E-state index in [9.17, 15) is 14.7 Å². The molecule has 2 N–H and O–H groups in total. The van der Waals surface area contributed by atoms with Crippen molar-refractivity contribution in [3.63, 3.8) is 0 Å². The summed E-state index contributed by atoms with van der Waals surface area (Å²) in [5, 5.41) is 13.0. The average molecular weight is 428 g/mol. The molecule has 0 aliphatic heterocycles. The highest BCUT2D eigenvalue weighted by Gasteiger charge is 2.21. The summed E-state index contributed by atoms with van der Waals surface area (Å²) >= 11 is 0. The smallest absolute Gasteiger partial charge is 0.408 e. The van der Waals surface area contributed by atoms with E-state index < -0.39 is 18.1 Å². The summed E-state index contributed by atoms with van der Waals surface area (Å²) in [6.45, 7) is 0.811. The summed E-state index contributed by atoms with van der Waals surface area (Å²) < 4.78 is 7.42. The highest BCUT2D eigenvalue weighted by molar-refractivity contribution is 5.80. The number of carbonyl (C=O) groups is 2. The minimum atomic E-state index is -1.10. The number of aliphatic carboxylic acids is 1. The van der Waals surface area contributed by atoms with Crippen LogP contribution in [0.3, 0.4) is 0 Å². The fourth-order valence-electron chi connectivity index (χ4n) is 3.60. The van der Waals surface area contributed by atoms with Gasteiger partial charge in [0.25, 0.3) is 0 Å². The molecule has 0 aliphatic carbocycles. The molecule has 0 saturated heterocycles. The number of alkyl carbamates (subject to hydrolysis) is 1. The van der Waals surface area contributed by atoms with Gasteiger partial charge in [0, 0.05) is 24.7 Å². The lowest BCUT2D eigenvalue weighted by molar-refractivity contribution is -0.139. The third-order valence-corrected chi connectivity index (χ3v) is 5.30. The van der Waals surface area contributed by atoms with Crippen molar-refractivity contribution in [2.45, 2.75) is 25.6 Å². The molecule has 1 atom stereocenters. The van der Waals surface area contributed by atoms with Crippen molar-refractivity contribution in [2.75, 3.05) is 0 Å². The monoisotopic (exact) mass is 428 g/mol. The zero-order valence-corrected chi connectivity index (χ0v) is 17.5. The number of aromatic nitrogens is 1. The summed E-state index contributed by atoms with van der Waals surface area (Å²) in [5.74, 6) is -1.10. The Morgan fingerprint density at radius 3 is 2.28 bits per heavy atom. The Labute approximate surface area is 186 Å². The van der Waals surface area contributed by atoms with E-state index in [2.05, 4.69) is 34.3 Å². The molecule has 0 bridgehead atoms. The Balaban J connectivity index is 1.30. The van der Waals surface area contributed by atoms with Gasteiger partial charge in [0.2, 0.25) is 0 Å². The molecule has 0 aliphatic rings. The molecule has 4 rings (SSSR count). The van der Waals surface area contributed by atoms with Crippen LogP contribution < -0.4 is 5.32 Å². The molecule has 3 aromatic carbocycles. The molecular weight excluding hydrogens is 404 g/mol. The van der Waals surface area contributed by atoms with Gasteiger partial charge in [-0.2, -0.15) is 0 Å². The lowest BCUT2D eigenvalue weighted by Crippen LogP contribution is -2.42. The van der Waals surface area contributed by atoms with Crippen molar-refractivity contribution in [1.82, 2.24) is 9.88 Å². The van der Waals surface area contributed by atoms with Gasteiger partial charge in [-0.3, -0.25) is 0 Å². The predicted octanol–water partition coefficient (Wildman–Crippen LogP) is 4.61. The van der Waals surface area contributed by atoms with Crippen molar-refractivity contribution in [2.24, 2.45) is 0 Å². The molecule has 4 aromatic rings. The molecule has 162 valence electrons. The molecule has 1 heterocycles. The summed E-state index contributed by atoms with van der Waals surface area (Å²) in [6.07, 6.45) is 1.50. The Kier molecular flexibility index (Phi) is 6.51. The fourth-order valence-corrected chi connectivity index (χ4v) is 3.60. The van der Waals surface area contributed by atoms with E-state index >= 15 is 0 Å². The first kappa shape index (κ1) is 21.2. The zero-order valence-electron chi connectivity index (χ0n) is 17.5. The van der Waals surface area contributed by atoms with Crippen molar-refractivity contribution in [3.8, 4) is 0 Å². The van der Waals surface area contributed by atoms with Crippen LogP contribution in [-0.2, 0) is 29.1 Å². The maximum Gasteiger partial charge on any atom is 0.408 e. The van der Waals surface area contributed by atoms with Gasteiger partial charge in [0.05, 0.1) is 0 Å². The third kappa shape index (κ3) is 5.35. The minimum absolute atomic E-state index is 0.0657. The molecule has 32 heavy (non-hydrogen) atoms. The Hall–Kier alpha value is -4.06. The van der Waals surface area contributed by atoms with Crippen LogP contribution in [0.2, 0.25) is 0 Å². The fraction of sp³-hybridized carbons (Fsp3) is 0.154. The van der Waals surface area contributed by atoms with E-state index in [0.717, 1.165) is 23.2 Å². The van der Waals surface area contributed by atoms with Gasteiger partial charge >= 0.3 is 12.1 Å². The quantitative estimate of drug-likeness (QED) is 0.429. The van der Waals surface area contributed by atoms with Crippen LogP contribution in [0.1, 0.15) is 16.7 Å². The Bertz CT molecular complexity index is 1200. The van der Waals surface area contributed by atoms with Crippen molar-refractivity contribution < 1.29 is 19.4 Å².